The fourth-order valence-electron chi connectivity index (χ4n) is 2.87. The summed E-state index contributed by atoms with van der Waals surface area (Å²) in [6, 6.07) is 10.9. The number of nitrogens with one attached hydrogen (secondary N) is 1. The Kier molecular flexibility index (Phi) is 5.39. The van der Waals surface area contributed by atoms with Gasteiger partial charge in [0.05, 0.1) is 36.6 Å². The summed E-state index contributed by atoms with van der Waals surface area (Å²) in [6.45, 7) is 0. The molecule has 0 radical (unpaired) electrons. The molecule has 8 nitrogen and oxygen atoms in total. The van der Waals surface area contributed by atoms with Crippen LogP contribution in [0.25, 0.3) is 0 Å². The van der Waals surface area contributed by atoms with Crippen LogP contribution in [0.4, 0.5) is 5.69 Å². The van der Waals surface area contributed by atoms with E-state index in [1.807, 2.05) is 0 Å². The predicted molar refractivity (Wildman–Crippen MR) is 97.1 cm³/mol. The maximum absolute atomic E-state index is 12.7. The number of benzene rings is 2. The first-order valence-electron chi connectivity index (χ1n) is 8.35. The number of carbonyl (C=O) groups is 4. The maximum atomic E-state index is 12.7. The van der Waals surface area contributed by atoms with Crippen LogP contribution in [0.3, 0.4) is 0 Å². The van der Waals surface area contributed by atoms with Crippen LogP contribution in [-0.4, -0.2) is 44.1 Å². The van der Waals surface area contributed by atoms with Gasteiger partial charge >= 0.3 is 17.9 Å². The van der Waals surface area contributed by atoms with Crippen molar-refractivity contribution in [2.45, 2.75) is 12.5 Å². The zero-order valence-corrected chi connectivity index (χ0v) is 15.2. The van der Waals surface area contributed by atoms with Gasteiger partial charge in [0.1, 0.15) is 0 Å². The molecular formula is C20H17NO7. The minimum absolute atomic E-state index is 0.0473. The van der Waals surface area contributed by atoms with Crippen LogP contribution in [0.1, 0.15) is 36.6 Å². The Hall–Kier alpha value is -3.68. The van der Waals surface area contributed by atoms with E-state index in [9.17, 15) is 19.2 Å². The summed E-state index contributed by atoms with van der Waals surface area (Å²) in [5, 5.41) is 2.54. The molecule has 0 saturated carbocycles. The van der Waals surface area contributed by atoms with Crippen molar-refractivity contribution in [3.8, 4) is 0 Å². The largest absolute Gasteiger partial charge is 0.465 e. The van der Waals surface area contributed by atoms with Crippen molar-refractivity contribution in [1.29, 1.82) is 0 Å². The van der Waals surface area contributed by atoms with Gasteiger partial charge in [-0.1, -0.05) is 18.2 Å². The van der Waals surface area contributed by atoms with Gasteiger partial charge in [0.25, 0.3) is 5.91 Å². The van der Waals surface area contributed by atoms with Crippen molar-refractivity contribution >= 4 is 29.5 Å². The molecule has 1 atom stereocenters. The maximum Gasteiger partial charge on any atom is 0.339 e. The number of hydrogen-bond acceptors (Lipinski definition) is 7. The minimum Gasteiger partial charge on any atom is -0.465 e. The zero-order valence-electron chi connectivity index (χ0n) is 15.2. The molecular weight excluding hydrogens is 366 g/mol. The smallest absolute Gasteiger partial charge is 0.339 e. The van der Waals surface area contributed by atoms with Gasteiger partial charge in [-0.15, -0.1) is 0 Å². The average molecular weight is 383 g/mol. The fourth-order valence-corrected chi connectivity index (χ4v) is 2.87. The van der Waals surface area contributed by atoms with Crippen LogP contribution in [0.15, 0.2) is 42.5 Å². The molecule has 3 rings (SSSR count). The lowest BCUT2D eigenvalue weighted by Crippen LogP contribution is -2.38. The number of fused-ring (bicyclic) bond motifs is 1. The highest BCUT2D eigenvalue weighted by Crippen LogP contribution is 2.24. The number of carbonyl (C=O) groups excluding carboxylic acids is 4. The highest BCUT2D eigenvalue weighted by Gasteiger charge is 2.31. The van der Waals surface area contributed by atoms with E-state index in [4.69, 9.17) is 9.47 Å². The summed E-state index contributed by atoms with van der Waals surface area (Å²) in [5.74, 6) is -2.56. The summed E-state index contributed by atoms with van der Waals surface area (Å²) in [5.41, 5.74) is 1.34. The van der Waals surface area contributed by atoms with Crippen molar-refractivity contribution in [2.24, 2.45) is 0 Å². The Labute approximate surface area is 160 Å². The quantitative estimate of drug-likeness (QED) is 0.635. The van der Waals surface area contributed by atoms with Crippen LogP contribution in [0.5, 0.6) is 0 Å². The number of cyclic esters (lactones) is 1. The topological polar surface area (TPSA) is 108 Å². The second-order valence-electron chi connectivity index (χ2n) is 5.99. The number of esters is 3. The van der Waals surface area contributed by atoms with Crippen molar-refractivity contribution in [2.75, 3.05) is 19.5 Å². The van der Waals surface area contributed by atoms with Crippen LogP contribution in [-0.2, 0) is 25.4 Å². The standard InChI is InChI=1S/C20H17NO7/c1-26-18(23)12-7-8-14(19(24)27-2)15(9-12)21-17(22)16-10-11-5-3-4-6-13(11)20(25)28-16/h3-9,16H,10H2,1-2H3,(H,21,22). The first kappa shape index (κ1) is 19.1. The summed E-state index contributed by atoms with van der Waals surface area (Å²) < 4.78 is 14.6. The normalized spacial score (nSPS) is 15.1. The van der Waals surface area contributed by atoms with Gasteiger partial charge in [-0.2, -0.15) is 0 Å². The lowest BCUT2D eigenvalue weighted by atomic mass is 9.98. The van der Waals surface area contributed by atoms with E-state index < -0.39 is 29.9 Å². The first-order chi connectivity index (χ1) is 13.4. The molecule has 8 heteroatoms. The van der Waals surface area contributed by atoms with Crippen molar-refractivity contribution in [3.05, 3.63) is 64.7 Å². The predicted octanol–water partition coefficient (Wildman–Crippen LogP) is 1.98. The Morgan fingerprint density at radius 1 is 1.04 bits per heavy atom. The van der Waals surface area contributed by atoms with E-state index in [0.29, 0.717) is 11.1 Å². The molecule has 2 aromatic rings. The number of methoxy groups -OCH3 is 2. The molecule has 1 unspecified atom stereocenters. The second-order valence-corrected chi connectivity index (χ2v) is 5.99. The first-order valence-corrected chi connectivity index (χ1v) is 8.35. The molecule has 1 aliphatic heterocycles. The summed E-state index contributed by atoms with van der Waals surface area (Å²) in [4.78, 5) is 48.5. The van der Waals surface area contributed by atoms with Crippen molar-refractivity contribution in [3.63, 3.8) is 0 Å². The average Bonchev–Trinajstić information content (AvgIpc) is 2.72. The van der Waals surface area contributed by atoms with E-state index >= 15 is 0 Å². The molecule has 0 aromatic heterocycles. The minimum atomic E-state index is -1.07. The number of anilines is 1. The highest BCUT2D eigenvalue weighted by molar-refractivity contribution is 6.05. The molecule has 1 amide bonds. The van der Waals surface area contributed by atoms with Crippen LogP contribution < -0.4 is 5.32 Å². The summed E-state index contributed by atoms with van der Waals surface area (Å²) in [7, 11) is 2.41. The van der Waals surface area contributed by atoms with E-state index in [0.717, 1.165) is 0 Å². The van der Waals surface area contributed by atoms with E-state index in [-0.39, 0.29) is 23.2 Å². The molecule has 144 valence electrons. The monoisotopic (exact) mass is 383 g/mol. The molecule has 0 fully saturated rings. The Morgan fingerprint density at radius 2 is 1.75 bits per heavy atom. The molecule has 28 heavy (non-hydrogen) atoms. The Bertz CT molecular complexity index is 967. The van der Waals surface area contributed by atoms with Gasteiger partial charge in [0, 0.05) is 6.42 Å². The van der Waals surface area contributed by atoms with E-state index in [1.165, 1.54) is 32.4 Å². The van der Waals surface area contributed by atoms with E-state index in [2.05, 4.69) is 10.1 Å². The van der Waals surface area contributed by atoms with Crippen LogP contribution in [0, 0.1) is 0 Å². The van der Waals surface area contributed by atoms with Crippen molar-refractivity contribution in [1.82, 2.24) is 0 Å². The van der Waals surface area contributed by atoms with Crippen LogP contribution >= 0.6 is 0 Å². The number of amides is 1. The van der Waals surface area contributed by atoms with Gasteiger partial charge in [-0.05, 0) is 29.8 Å². The second kappa shape index (κ2) is 7.91. The molecule has 0 bridgehead atoms. The lowest BCUT2D eigenvalue weighted by molar-refractivity contribution is -0.125. The summed E-state index contributed by atoms with van der Waals surface area (Å²) in [6.07, 6.45) is -0.882. The third-order valence-corrected chi connectivity index (χ3v) is 4.29. The SMILES string of the molecule is COC(=O)c1ccc(C(=O)OC)c(NC(=O)C2Cc3ccccc3C(=O)O2)c1. The Balaban J connectivity index is 1.88. The number of ether oxygens (including phenoxy) is 3. The number of rotatable bonds is 4. The zero-order chi connectivity index (χ0) is 20.3. The molecule has 1 heterocycles. The lowest BCUT2D eigenvalue weighted by Gasteiger charge is -2.24. The van der Waals surface area contributed by atoms with Gasteiger partial charge in [-0.25, -0.2) is 14.4 Å². The van der Waals surface area contributed by atoms with Gasteiger partial charge in [0.2, 0.25) is 0 Å². The molecule has 2 aromatic carbocycles. The van der Waals surface area contributed by atoms with Gasteiger partial charge in [-0.3, -0.25) is 4.79 Å². The Morgan fingerprint density at radius 3 is 2.46 bits per heavy atom. The third kappa shape index (κ3) is 3.71. The molecule has 1 N–H and O–H groups in total. The molecule has 0 aliphatic carbocycles. The van der Waals surface area contributed by atoms with Crippen molar-refractivity contribution < 1.29 is 33.4 Å². The van der Waals surface area contributed by atoms with E-state index in [1.54, 1.807) is 24.3 Å². The molecule has 1 aliphatic rings. The summed E-state index contributed by atoms with van der Waals surface area (Å²) >= 11 is 0. The van der Waals surface area contributed by atoms with Crippen LogP contribution in [0.2, 0.25) is 0 Å². The molecule has 0 saturated heterocycles. The third-order valence-electron chi connectivity index (χ3n) is 4.29. The molecule has 0 spiro atoms. The number of hydrogen-bond donors (Lipinski definition) is 1. The fraction of sp³-hybridized carbons (Fsp3) is 0.200. The van der Waals surface area contributed by atoms with Gasteiger partial charge in [0.15, 0.2) is 6.10 Å². The van der Waals surface area contributed by atoms with Gasteiger partial charge < -0.3 is 19.5 Å². The highest BCUT2D eigenvalue weighted by atomic mass is 16.5.